The first-order chi connectivity index (χ1) is 16.6. The third-order valence-corrected chi connectivity index (χ3v) is 8.19. The molecule has 1 fully saturated rings. The molecule has 0 bridgehead atoms. The van der Waals surface area contributed by atoms with Crippen molar-refractivity contribution in [2.75, 3.05) is 26.2 Å². The first kappa shape index (κ1) is 22.7. The fourth-order valence-corrected chi connectivity index (χ4v) is 6.30. The van der Waals surface area contributed by atoms with Gasteiger partial charge in [0, 0.05) is 6.54 Å². The van der Waals surface area contributed by atoms with Crippen molar-refractivity contribution in [2.24, 2.45) is 0 Å². The van der Waals surface area contributed by atoms with E-state index in [4.69, 9.17) is 9.47 Å². The van der Waals surface area contributed by atoms with Gasteiger partial charge in [-0.05, 0) is 79.5 Å². The highest BCUT2D eigenvalue weighted by Crippen LogP contribution is 2.47. The van der Waals surface area contributed by atoms with Crippen molar-refractivity contribution < 1.29 is 23.9 Å². The number of benzene rings is 3. The summed E-state index contributed by atoms with van der Waals surface area (Å²) in [6.45, 7) is 3.88. The maximum atomic E-state index is 13.6. The van der Waals surface area contributed by atoms with Gasteiger partial charge in [0.25, 0.3) is 0 Å². The molecule has 0 aliphatic carbocycles. The Hall–Kier alpha value is -3.03. The van der Waals surface area contributed by atoms with Gasteiger partial charge in [0.15, 0.2) is 0 Å². The van der Waals surface area contributed by atoms with Crippen molar-refractivity contribution in [3.8, 4) is 23.0 Å². The monoisotopic (exact) mass is 479 g/mol. The lowest BCUT2D eigenvalue weighted by Gasteiger charge is -2.33. The summed E-state index contributed by atoms with van der Waals surface area (Å²) in [6.07, 6.45) is 3.36. The molecular formula is C27H29NO5S. The molecule has 3 atom stereocenters. The van der Waals surface area contributed by atoms with Crippen LogP contribution < -0.4 is 9.47 Å². The zero-order valence-corrected chi connectivity index (χ0v) is 19.7. The van der Waals surface area contributed by atoms with E-state index in [-0.39, 0.29) is 11.5 Å². The standard InChI is InChI=1S/C27H29NO5S/c29-21-8-4-20(5-9-21)27-26(33-24-13-10-22(30)18-25(24)34(27)31)19-6-11-23(12-7-19)32-17-16-28-14-2-1-3-15-28/h4-13,18,26-27,29-30H,1-3,14-17H2/t26-,27+,34?/m1/s1. The van der Waals surface area contributed by atoms with Crippen LogP contribution in [-0.2, 0) is 10.8 Å². The van der Waals surface area contributed by atoms with E-state index in [9.17, 15) is 14.4 Å². The summed E-state index contributed by atoms with van der Waals surface area (Å²) in [5.74, 6) is 1.48. The Morgan fingerprint density at radius 1 is 0.882 bits per heavy atom. The van der Waals surface area contributed by atoms with E-state index in [1.165, 1.54) is 31.4 Å². The number of phenolic OH excluding ortho intramolecular Hbond substituents is 2. The number of nitrogens with zero attached hydrogens (tertiary/aromatic N) is 1. The van der Waals surface area contributed by atoms with Crippen molar-refractivity contribution in [3.05, 3.63) is 77.9 Å². The second-order valence-corrected chi connectivity index (χ2v) is 10.3. The predicted molar refractivity (Wildman–Crippen MR) is 131 cm³/mol. The van der Waals surface area contributed by atoms with Crippen molar-refractivity contribution in [1.82, 2.24) is 4.90 Å². The van der Waals surface area contributed by atoms with Crippen molar-refractivity contribution in [1.29, 1.82) is 0 Å². The van der Waals surface area contributed by atoms with E-state index in [1.807, 2.05) is 24.3 Å². The van der Waals surface area contributed by atoms with Crippen LogP contribution >= 0.6 is 0 Å². The minimum atomic E-state index is -1.47. The third kappa shape index (κ3) is 4.91. The molecule has 2 aliphatic heterocycles. The molecule has 34 heavy (non-hydrogen) atoms. The number of phenols is 2. The Labute approximate surface area is 202 Å². The van der Waals surface area contributed by atoms with Crippen LogP contribution in [0.3, 0.4) is 0 Å². The molecule has 3 aromatic carbocycles. The van der Waals surface area contributed by atoms with Crippen LogP contribution in [0.25, 0.3) is 0 Å². The predicted octanol–water partition coefficient (Wildman–Crippen LogP) is 4.95. The van der Waals surface area contributed by atoms with Crippen LogP contribution in [0.1, 0.15) is 41.7 Å². The molecule has 0 spiro atoms. The molecule has 2 N–H and O–H groups in total. The molecule has 2 heterocycles. The first-order valence-corrected chi connectivity index (χ1v) is 12.9. The van der Waals surface area contributed by atoms with E-state index in [1.54, 1.807) is 30.3 Å². The number of likely N-dealkylation sites (tertiary alicyclic amines) is 1. The van der Waals surface area contributed by atoms with Crippen molar-refractivity contribution >= 4 is 10.8 Å². The SMILES string of the molecule is O=S1c2cc(O)ccc2O[C@H](c2ccc(OCCN3CCCCC3)cc2)[C@@H]1c1ccc(O)cc1. The minimum Gasteiger partial charge on any atom is -0.508 e. The molecule has 0 aromatic heterocycles. The molecule has 0 amide bonds. The van der Waals surface area contributed by atoms with Crippen LogP contribution in [-0.4, -0.2) is 45.6 Å². The summed E-state index contributed by atoms with van der Waals surface area (Å²) in [4.78, 5) is 2.91. The van der Waals surface area contributed by atoms with Crippen LogP contribution in [0.2, 0.25) is 0 Å². The summed E-state index contributed by atoms with van der Waals surface area (Å²) >= 11 is 0. The van der Waals surface area contributed by atoms with Gasteiger partial charge in [-0.25, -0.2) is 0 Å². The highest BCUT2D eigenvalue weighted by atomic mass is 32.2. The van der Waals surface area contributed by atoms with Gasteiger partial charge in [-0.2, -0.15) is 0 Å². The van der Waals surface area contributed by atoms with Gasteiger partial charge in [-0.3, -0.25) is 9.11 Å². The molecule has 2 aliphatic rings. The summed E-state index contributed by atoms with van der Waals surface area (Å²) in [5, 5.41) is 19.2. The third-order valence-electron chi connectivity index (χ3n) is 6.46. The minimum absolute atomic E-state index is 0.0460. The topological polar surface area (TPSA) is 79.2 Å². The van der Waals surface area contributed by atoms with Crippen LogP contribution in [0, 0.1) is 0 Å². The number of hydrogen-bond acceptors (Lipinski definition) is 6. The fraction of sp³-hybridized carbons (Fsp3) is 0.333. The summed E-state index contributed by atoms with van der Waals surface area (Å²) in [6, 6.07) is 19.1. The normalized spacial score (nSPS) is 22.5. The molecule has 6 nitrogen and oxygen atoms in total. The van der Waals surface area contributed by atoms with E-state index in [0.29, 0.717) is 17.3 Å². The van der Waals surface area contributed by atoms with Crippen LogP contribution in [0.4, 0.5) is 0 Å². The molecule has 7 heteroatoms. The Kier molecular flexibility index (Phi) is 6.74. The Balaban J connectivity index is 1.37. The maximum Gasteiger partial charge on any atom is 0.143 e. The average molecular weight is 480 g/mol. The van der Waals surface area contributed by atoms with Crippen LogP contribution in [0.5, 0.6) is 23.0 Å². The molecule has 0 saturated carbocycles. The highest BCUT2D eigenvalue weighted by Gasteiger charge is 2.38. The molecular weight excluding hydrogens is 450 g/mol. The lowest BCUT2D eigenvalue weighted by Crippen LogP contribution is -2.33. The zero-order chi connectivity index (χ0) is 23.5. The Bertz CT molecular complexity index is 1140. The largest absolute Gasteiger partial charge is 0.508 e. The highest BCUT2D eigenvalue weighted by molar-refractivity contribution is 7.85. The summed E-state index contributed by atoms with van der Waals surface area (Å²) in [5.41, 5.74) is 1.67. The molecule has 3 aromatic rings. The second kappa shape index (κ2) is 10.1. The second-order valence-electron chi connectivity index (χ2n) is 8.80. The lowest BCUT2D eigenvalue weighted by atomic mass is 10.00. The fourth-order valence-electron chi connectivity index (χ4n) is 4.63. The number of ether oxygens (including phenoxy) is 2. The van der Waals surface area contributed by atoms with Crippen molar-refractivity contribution in [2.45, 2.75) is 35.5 Å². The maximum absolute atomic E-state index is 13.6. The zero-order valence-electron chi connectivity index (χ0n) is 18.9. The van der Waals surface area contributed by atoms with Gasteiger partial charge in [0.05, 0.1) is 15.7 Å². The molecule has 1 saturated heterocycles. The van der Waals surface area contributed by atoms with E-state index in [2.05, 4.69) is 4.90 Å². The summed E-state index contributed by atoms with van der Waals surface area (Å²) < 4.78 is 25.9. The first-order valence-electron chi connectivity index (χ1n) is 11.7. The van der Waals surface area contributed by atoms with E-state index < -0.39 is 22.2 Å². The van der Waals surface area contributed by atoms with Crippen LogP contribution in [0.15, 0.2) is 71.6 Å². The molecule has 5 rings (SSSR count). The number of rotatable bonds is 6. The van der Waals surface area contributed by atoms with Gasteiger partial charge in [0.1, 0.15) is 41.0 Å². The smallest absolute Gasteiger partial charge is 0.143 e. The van der Waals surface area contributed by atoms with E-state index >= 15 is 0 Å². The molecule has 178 valence electrons. The van der Waals surface area contributed by atoms with E-state index in [0.717, 1.165) is 36.5 Å². The van der Waals surface area contributed by atoms with Gasteiger partial charge in [-0.1, -0.05) is 30.7 Å². The Morgan fingerprint density at radius 3 is 2.29 bits per heavy atom. The van der Waals surface area contributed by atoms with Gasteiger partial charge in [0.2, 0.25) is 0 Å². The number of fused-ring (bicyclic) bond motifs is 1. The quantitative estimate of drug-likeness (QED) is 0.521. The molecule has 0 radical (unpaired) electrons. The lowest BCUT2D eigenvalue weighted by molar-refractivity contribution is 0.182. The number of piperidine rings is 1. The van der Waals surface area contributed by atoms with Gasteiger partial charge >= 0.3 is 0 Å². The number of hydrogen-bond donors (Lipinski definition) is 2. The number of aromatic hydroxyl groups is 2. The summed E-state index contributed by atoms with van der Waals surface area (Å²) in [7, 11) is -1.47. The average Bonchev–Trinajstić information content (AvgIpc) is 2.86. The Morgan fingerprint density at radius 2 is 1.56 bits per heavy atom. The molecule has 1 unspecified atom stereocenters. The van der Waals surface area contributed by atoms with Gasteiger partial charge in [-0.15, -0.1) is 0 Å². The van der Waals surface area contributed by atoms with Crippen molar-refractivity contribution in [3.63, 3.8) is 0 Å². The van der Waals surface area contributed by atoms with Gasteiger partial charge < -0.3 is 19.7 Å².